The minimum absolute atomic E-state index is 0.0574. The van der Waals surface area contributed by atoms with E-state index in [2.05, 4.69) is 5.32 Å². The minimum atomic E-state index is -3.84. The lowest BCUT2D eigenvalue weighted by Gasteiger charge is -2.10. The van der Waals surface area contributed by atoms with E-state index in [4.69, 9.17) is 21.0 Å². The summed E-state index contributed by atoms with van der Waals surface area (Å²) in [6, 6.07) is 20.3. The number of sulfonamides is 1. The maximum Gasteiger partial charge on any atom is 0.258 e. The normalized spacial score (nSPS) is 11.0. The number of nitrogens with two attached hydrogens (primary N) is 2. The number of carbonyl (C=O) groups is 1. The van der Waals surface area contributed by atoms with Gasteiger partial charge in [-0.3, -0.25) is 10.2 Å². The van der Waals surface area contributed by atoms with E-state index in [9.17, 15) is 13.2 Å². The number of nitrogens with one attached hydrogen (secondary N) is 2. The van der Waals surface area contributed by atoms with Gasteiger partial charge in [0.05, 0.1) is 4.90 Å². The standard InChI is InChI=1S/C22H22N4O4S/c23-22(24)17-4-3-5-18(12-17)30-14-21(27)26-13-15-8-10-16(11-9-15)19-6-1-2-7-20(19)31(25,28)29/h1-12H,13-14H2,(H3,23,24)(H,26,27)(H2,25,28,29). The van der Waals surface area contributed by atoms with E-state index >= 15 is 0 Å². The molecule has 0 aliphatic carbocycles. The molecule has 1 amide bonds. The Balaban J connectivity index is 1.58. The molecule has 0 aliphatic rings. The van der Waals surface area contributed by atoms with Crippen molar-refractivity contribution in [2.45, 2.75) is 11.4 Å². The van der Waals surface area contributed by atoms with Gasteiger partial charge in [0.15, 0.2) is 6.61 Å². The maximum atomic E-state index is 12.1. The van der Waals surface area contributed by atoms with Gasteiger partial charge in [-0.15, -0.1) is 0 Å². The van der Waals surface area contributed by atoms with Gasteiger partial charge in [-0.05, 0) is 29.3 Å². The molecular formula is C22H22N4O4S. The third kappa shape index (κ3) is 5.91. The smallest absolute Gasteiger partial charge is 0.258 e. The number of carbonyl (C=O) groups excluding carboxylic acids is 1. The van der Waals surface area contributed by atoms with Crippen molar-refractivity contribution in [2.75, 3.05) is 6.61 Å². The summed E-state index contributed by atoms with van der Waals surface area (Å²) in [5.41, 5.74) is 8.01. The number of rotatable bonds is 8. The van der Waals surface area contributed by atoms with Crippen LogP contribution in [-0.2, 0) is 21.4 Å². The monoisotopic (exact) mass is 438 g/mol. The van der Waals surface area contributed by atoms with Crippen molar-refractivity contribution in [1.29, 1.82) is 5.41 Å². The van der Waals surface area contributed by atoms with Crippen LogP contribution in [0.4, 0.5) is 0 Å². The zero-order chi connectivity index (χ0) is 22.4. The van der Waals surface area contributed by atoms with Gasteiger partial charge in [-0.25, -0.2) is 13.6 Å². The number of amidine groups is 1. The molecule has 3 aromatic rings. The summed E-state index contributed by atoms with van der Waals surface area (Å²) in [7, 11) is -3.84. The molecule has 9 heteroatoms. The highest BCUT2D eigenvalue weighted by molar-refractivity contribution is 7.89. The molecule has 3 rings (SSSR count). The zero-order valence-corrected chi connectivity index (χ0v) is 17.4. The fourth-order valence-corrected chi connectivity index (χ4v) is 3.67. The third-order valence-corrected chi connectivity index (χ3v) is 5.43. The first-order valence-corrected chi connectivity index (χ1v) is 10.8. The Morgan fingerprint density at radius 3 is 2.39 bits per heavy atom. The average Bonchev–Trinajstić information content (AvgIpc) is 2.76. The molecule has 3 aromatic carbocycles. The van der Waals surface area contributed by atoms with Gasteiger partial charge in [0.2, 0.25) is 10.0 Å². The van der Waals surface area contributed by atoms with Gasteiger partial charge in [-0.1, -0.05) is 54.6 Å². The number of benzene rings is 3. The van der Waals surface area contributed by atoms with E-state index in [-0.39, 0.29) is 29.8 Å². The Labute approximate surface area is 180 Å². The fourth-order valence-electron chi connectivity index (χ4n) is 2.91. The summed E-state index contributed by atoms with van der Waals surface area (Å²) in [6.45, 7) is 0.105. The second kappa shape index (κ2) is 9.41. The van der Waals surface area contributed by atoms with Crippen LogP contribution in [0.5, 0.6) is 5.75 Å². The summed E-state index contributed by atoms with van der Waals surface area (Å²) in [4.78, 5) is 12.1. The van der Waals surface area contributed by atoms with Crippen LogP contribution in [0.3, 0.4) is 0 Å². The van der Waals surface area contributed by atoms with Gasteiger partial charge in [0.25, 0.3) is 5.91 Å². The number of amides is 1. The number of ether oxygens (including phenoxy) is 1. The first kappa shape index (κ1) is 22.0. The molecule has 0 radical (unpaired) electrons. The van der Waals surface area contributed by atoms with Crippen LogP contribution >= 0.6 is 0 Å². The van der Waals surface area contributed by atoms with Gasteiger partial charge in [0, 0.05) is 17.7 Å². The molecule has 8 nitrogen and oxygen atoms in total. The molecule has 0 atom stereocenters. The number of hydrogen-bond donors (Lipinski definition) is 4. The van der Waals surface area contributed by atoms with Crippen LogP contribution in [0, 0.1) is 5.41 Å². The topological polar surface area (TPSA) is 148 Å². The summed E-state index contributed by atoms with van der Waals surface area (Å²) >= 11 is 0. The zero-order valence-electron chi connectivity index (χ0n) is 16.5. The Morgan fingerprint density at radius 1 is 1.00 bits per heavy atom. The van der Waals surface area contributed by atoms with Crippen LogP contribution in [0.25, 0.3) is 11.1 Å². The highest BCUT2D eigenvalue weighted by Crippen LogP contribution is 2.26. The molecule has 31 heavy (non-hydrogen) atoms. The number of primary sulfonamides is 1. The van der Waals surface area contributed by atoms with E-state index in [1.54, 1.807) is 66.7 Å². The molecule has 0 heterocycles. The highest BCUT2D eigenvalue weighted by Gasteiger charge is 2.14. The summed E-state index contributed by atoms with van der Waals surface area (Å²) < 4.78 is 29.0. The Hall–Kier alpha value is -3.69. The van der Waals surface area contributed by atoms with E-state index in [1.807, 2.05) is 0 Å². The lowest BCUT2D eigenvalue weighted by atomic mass is 10.0. The van der Waals surface area contributed by atoms with Gasteiger partial charge in [-0.2, -0.15) is 0 Å². The van der Waals surface area contributed by atoms with E-state index in [1.165, 1.54) is 6.07 Å². The lowest BCUT2D eigenvalue weighted by molar-refractivity contribution is -0.123. The molecule has 0 spiro atoms. The molecule has 0 fully saturated rings. The van der Waals surface area contributed by atoms with Crippen LogP contribution in [-0.4, -0.2) is 26.8 Å². The molecule has 0 unspecified atom stereocenters. The van der Waals surface area contributed by atoms with E-state index in [0.29, 0.717) is 22.4 Å². The number of nitrogen functional groups attached to an aromatic ring is 1. The van der Waals surface area contributed by atoms with Crippen molar-refractivity contribution in [1.82, 2.24) is 5.32 Å². The largest absolute Gasteiger partial charge is 0.484 e. The fraction of sp³-hybridized carbons (Fsp3) is 0.0909. The summed E-state index contributed by atoms with van der Waals surface area (Å²) in [6.07, 6.45) is 0. The van der Waals surface area contributed by atoms with Crippen molar-refractivity contribution in [3.8, 4) is 16.9 Å². The lowest BCUT2D eigenvalue weighted by Crippen LogP contribution is -2.28. The molecule has 0 aromatic heterocycles. The first-order chi connectivity index (χ1) is 14.7. The number of hydrogen-bond acceptors (Lipinski definition) is 5. The second-order valence-corrected chi connectivity index (χ2v) is 8.27. The Bertz CT molecular complexity index is 1210. The maximum absolute atomic E-state index is 12.1. The molecule has 160 valence electrons. The average molecular weight is 439 g/mol. The molecule has 0 aliphatic heterocycles. The Morgan fingerprint density at radius 2 is 1.71 bits per heavy atom. The van der Waals surface area contributed by atoms with Crippen molar-refractivity contribution in [2.24, 2.45) is 10.9 Å². The first-order valence-electron chi connectivity index (χ1n) is 9.29. The summed E-state index contributed by atoms with van der Waals surface area (Å²) in [5.74, 6) is 0.0580. The SMILES string of the molecule is N=C(N)c1cccc(OCC(=O)NCc2ccc(-c3ccccc3S(N)(=O)=O)cc2)c1. The van der Waals surface area contributed by atoms with Crippen LogP contribution in [0.15, 0.2) is 77.7 Å². The van der Waals surface area contributed by atoms with Gasteiger partial charge >= 0.3 is 0 Å². The Kier molecular flexibility index (Phi) is 6.68. The van der Waals surface area contributed by atoms with Gasteiger partial charge < -0.3 is 15.8 Å². The van der Waals surface area contributed by atoms with Crippen molar-refractivity contribution >= 4 is 21.8 Å². The van der Waals surface area contributed by atoms with Crippen LogP contribution in [0.2, 0.25) is 0 Å². The molecule has 6 N–H and O–H groups in total. The van der Waals surface area contributed by atoms with Gasteiger partial charge in [0.1, 0.15) is 11.6 Å². The second-order valence-electron chi connectivity index (χ2n) is 6.75. The minimum Gasteiger partial charge on any atom is -0.484 e. The highest BCUT2D eigenvalue weighted by atomic mass is 32.2. The van der Waals surface area contributed by atoms with E-state index in [0.717, 1.165) is 5.56 Å². The molecular weight excluding hydrogens is 416 g/mol. The molecule has 0 saturated carbocycles. The predicted molar refractivity (Wildman–Crippen MR) is 118 cm³/mol. The van der Waals surface area contributed by atoms with Crippen LogP contribution < -0.4 is 20.9 Å². The van der Waals surface area contributed by atoms with Crippen LogP contribution in [0.1, 0.15) is 11.1 Å². The van der Waals surface area contributed by atoms with Crippen molar-refractivity contribution < 1.29 is 17.9 Å². The van der Waals surface area contributed by atoms with E-state index < -0.39 is 10.0 Å². The molecule has 0 bridgehead atoms. The third-order valence-electron chi connectivity index (χ3n) is 4.46. The molecule has 0 saturated heterocycles. The van der Waals surface area contributed by atoms with Crippen molar-refractivity contribution in [3.05, 3.63) is 83.9 Å². The quantitative estimate of drug-likeness (QED) is 0.313. The van der Waals surface area contributed by atoms with Crippen molar-refractivity contribution in [3.63, 3.8) is 0 Å². The predicted octanol–water partition coefficient (Wildman–Crippen LogP) is 1.98. The summed E-state index contributed by atoms with van der Waals surface area (Å²) in [5, 5.41) is 15.5.